The predicted molar refractivity (Wildman–Crippen MR) is 637 cm³/mol. The molecule has 0 aliphatic rings. The van der Waals surface area contributed by atoms with Crippen molar-refractivity contribution >= 4 is 112 Å². The molecule has 769 valence electrons. The SMILES string of the molecule is C=C=C.C=C=C.C=C=C.C=C=C.CC(C)[PH+](Cc1[c-]c(C[PH+](C(C)C)C(C)C)ccc1)C(C)C.CC(C)[PH+](Cc1[c-]c(C[PH+](C(C)C)C(C)C)ccc1)C(C)C.CC(C)[PH+](Cc1[c-]c(O[PH+](C(C)C)C(C)C)ccc1)C(C)C.CC(C)[PH+](c1cccc2cc3cccc([PH+](C(C)C)C(C)C)c3[c-]c12)C(C)C.Cc1cc(C[PH+](C(C)C)C(C)C)[c-]c(C[PH+](C(C)C)C(C)C)c1.[Ir].[Ir].[Ir].[Ir].[Ir]. The topological polar surface area (TPSA) is 9.23 Å². The van der Waals surface area contributed by atoms with Gasteiger partial charge in [-0.3, -0.25) is 0 Å². The van der Waals surface area contributed by atoms with Crippen LogP contribution in [0.15, 0.2) is 185 Å². The van der Waals surface area contributed by atoms with E-state index in [-0.39, 0.29) is 156 Å². The number of aryl methyl sites for hydroxylation is 1. The monoisotopic (exact) mass is 2910 g/mol. The van der Waals surface area contributed by atoms with Gasteiger partial charge in [0, 0.05) is 182 Å². The van der Waals surface area contributed by atoms with Crippen LogP contribution in [-0.4, -0.2) is 113 Å². The normalized spacial score (nSPS) is 11.3. The molecule has 1 nitrogen and oxygen atoms in total. The van der Waals surface area contributed by atoms with E-state index >= 15 is 0 Å². The number of benzene rings is 7. The van der Waals surface area contributed by atoms with Crippen molar-refractivity contribution in [1.29, 1.82) is 0 Å². The summed E-state index contributed by atoms with van der Waals surface area (Å²) in [5.74, 6) is 0.961. The van der Waals surface area contributed by atoms with Gasteiger partial charge < -0.3 is 4.52 Å². The molecule has 16 heteroatoms. The van der Waals surface area contributed by atoms with Crippen molar-refractivity contribution in [2.75, 3.05) is 0 Å². The summed E-state index contributed by atoms with van der Waals surface area (Å²) in [6, 6.07) is 60.1. The van der Waals surface area contributed by atoms with Gasteiger partial charge in [-0.15, -0.1) is 86.1 Å². The van der Waals surface area contributed by atoms with Crippen molar-refractivity contribution in [1.82, 2.24) is 0 Å². The van der Waals surface area contributed by atoms with Gasteiger partial charge in [-0.25, -0.2) is 0 Å². The van der Waals surface area contributed by atoms with Crippen LogP contribution in [0.2, 0.25) is 0 Å². The Kier molecular flexibility index (Phi) is 88.7. The fraction of sp³-hybridized carbons (Fsp3) is 0.576. The van der Waals surface area contributed by atoms with E-state index in [2.05, 4.69) is 499 Å². The van der Waals surface area contributed by atoms with Crippen LogP contribution >= 0.6 is 79.4 Å². The molecular formula is C118H201Ir5OP10+5. The minimum absolute atomic E-state index is 0. The third-order valence-corrected chi connectivity index (χ3v) is 60.2. The predicted octanol–water partition coefficient (Wildman–Crippen LogP) is 37.2. The fourth-order valence-electron chi connectivity index (χ4n) is 18.4. The van der Waals surface area contributed by atoms with Gasteiger partial charge in [0.25, 0.3) is 0 Å². The molecule has 0 heterocycles. The van der Waals surface area contributed by atoms with E-state index in [4.69, 9.17) is 4.52 Å². The summed E-state index contributed by atoms with van der Waals surface area (Å²) in [5, 5.41) is 8.63. The molecule has 0 aromatic heterocycles. The Morgan fingerprint density at radius 2 is 0.418 bits per heavy atom. The molecule has 134 heavy (non-hydrogen) atoms. The van der Waals surface area contributed by atoms with Gasteiger partial charge in [0.05, 0.1) is 162 Å². The van der Waals surface area contributed by atoms with Gasteiger partial charge in [0.15, 0.2) is 8.15 Å². The zero-order valence-electron chi connectivity index (χ0n) is 92.6. The van der Waals surface area contributed by atoms with Crippen molar-refractivity contribution in [3.63, 3.8) is 0 Å². The maximum Gasteiger partial charge on any atom is 0.179 e. The Labute approximate surface area is 912 Å². The summed E-state index contributed by atoms with van der Waals surface area (Å²) in [4.78, 5) is 0. The average molecular weight is 2910 g/mol. The first-order valence-corrected chi connectivity index (χ1v) is 67.4. The summed E-state index contributed by atoms with van der Waals surface area (Å²) < 4.78 is 6.34. The van der Waals surface area contributed by atoms with E-state index in [0.29, 0.717) is 11.3 Å². The van der Waals surface area contributed by atoms with Gasteiger partial charge in [-0.1, -0.05) is 117 Å². The Balaban J connectivity index is -0.000000290. The van der Waals surface area contributed by atoms with Gasteiger partial charge in [0.1, 0.15) is 0 Å². The van der Waals surface area contributed by atoms with Crippen molar-refractivity contribution < 1.29 is 105 Å². The summed E-state index contributed by atoms with van der Waals surface area (Å²) in [6.07, 6.45) is 8.86. The van der Waals surface area contributed by atoms with Gasteiger partial charge in [-0.05, 0) is 277 Å². The van der Waals surface area contributed by atoms with Crippen LogP contribution in [0.4, 0.5) is 0 Å². The van der Waals surface area contributed by atoms with E-state index in [1.807, 2.05) is 0 Å². The van der Waals surface area contributed by atoms with Crippen molar-refractivity contribution in [3.05, 3.63) is 260 Å². The quantitative estimate of drug-likeness (QED) is 0.0162. The molecule has 0 amide bonds. The summed E-state index contributed by atoms with van der Waals surface area (Å²) in [6.45, 7) is 123. The first kappa shape index (κ1) is 147. The first-order valence-electron chi connectivity index (χ1n) is 49.5. The Hall–Kier alpha value is 0.487. The fourth-order valence-corrected chi connectivity index (χ4v) is 46.8. The molecule has 0 aliphatic carbocycles. The number of hydrogen-bond donors (Lipinski definition) is 0. The maximum atomic E-state index is 6.34. The van der Waals surface area contributed by atoms with E-state index in [9.17, 15) is 0 Å². The van der Waals surface area contributed by atoms with Gasteiger partial charge in [0.2, 0.25) is 0 Å². The van der Waals surface area contributed by atoms with Crippen LogP contribution in [-0.2, 0) is 144 Å². The van der Waals surface area contributed by atoms with E-state index in [1.165, 1.54) is 109 Å². The molecule has 0 unspecified atom stereocenters. The van der Waals surface area contributed by atoms with Crippen LogP contribution < -0.4 is 15.1 Å². The molecular weight excluding hydrogens is 2700 g/mol. The molecule has 0 spiro atoms. The van der Waals surface area contributed by atoms with Gasteiger partial charge >= 0.3 is 0 Å². The molecule has 5 radical (unpaired) electrons. The van der Waals surface area contributed by atoms with Crippen LogP contribution in [0.3, 0.4) is 0 Å². The first-order chi connectivity index (χ1) is 60.1. The van der Waals surface area contributed by atoms with Crippen molar-refractivity contribution in [2.45, 2.75) is 440 Å². The molecule has 0 saturated carbocycles. The number of rotatable bonds is 38. The minimum atomic E-state index is -0.831. The molecule has 0 atom stereocenters. The van der Waals surface area contributed by atoms with Crippen molar-refractivity contribution in [3.8, 4) is 5.75 Å². The largest absolute Gasteiger partial charge is 0.379 e. The van der Waals surface area contributed by atoms with E-state index < -0.39 is 24.0 Å². The maximum absolute atomic E-state index is 6.34. The third kappa shape index (κ3) is 58.1. The molecule has 0 aliphatic heterocycles. The zero-order valence-corrected chi connectivity index (χ0v) is 115. The van der Waals surface area contributed by atoms with Gasteiger partial charge in [-0.2, -0.15) is 84.4 Å². The van der Waals surface area contributed by atoms with E-state index in [1.54, 1.807) is 10.6 Å². The van der Waals surface area contributed by atoms with Crippen LogP contribution in [0.5, 0.6) is 5.75 Å². The molecule has 0 N–H and O–H groups in total. The summed E-state index contributed by atoms with van der Waals surface area (Å²) >= 11 is 0. The second kappa shape index (κ2) is 80.6. The van der Waals surface area contributed by atoms with Crippen LogP contribution in [0, 0.1) is 37.3 Å². The average Bonchev–Trinajstić information content (AvgIpc) is 0.757. The second-order valence-corrected chi connectivity index (χ2v) is 79.3. The molecule has 0 saturated heterocycles. The van der Waals surface area contributed by atoms with E-state index in [0.717, 1.165) is 108 Å². The molecule has 0 fully saturated rings. The third-order valence-electron chi connectivity index (χ3n) is 24.2. The standard InChI is InChI=1S/C26H35P2.C21H37P2.2C20H35P2.C19H33OP2.4C3H4.5Ir/c1-17(2)27(18(3)4)25-13-9-11-21-15-22-12-10-14-26(24(22)16-23(21)25)28(19(5)6)20(7)8;1-15(2)22(16(3)4)13-20-10-19(9)11-21(12-20)14-23(17(5)6)18(7)8;2*1-15(2)21(16(3)4)13-19-10-9-11-20(12-19)14-22(17(5)6)18(7)8;1-14(2)21(15(3)4)13-18-10-9-11-19(12-18)20-22(16(5)6)17(7)8;4*1-3-2;;;;;/h9-15,17-20H,1-8H3;10-11,15-18H,13-14H2,1-9H3;2*9-11,15-18H,13-14H2,1-8H3;9-11,14-17H,13H2,1-8H3;4*1-2H2;;;;;/q5*-1;;;;;;;;;/p+10. The summed E-state index contributed by atoms with van der Waals surface area (Å²) in [7, 11) is -4.51. The smallest absolute Gasteiger partial charge is 0.179 e. The number of hydrogen-bond acceptors (Lipinski definition) is 1. The molecule has 7 aromatic carbocycles. The van der Waals surface area contributed by atoms with Crippen molar-refractivity contribution in [2.24, 2.45) is 0 Å². The Morgan fingerprint density at radius 1 is 0.231 bits per heavy atom. The van der Waals surface area contributed by atoms with Crippen LogP contribution in [0.1, 0.15) is 321 Å². The zero-order chi connectivity index (χ0) is 99.7. The molecule has 0 bridgehead atoms. The minimum Gasteiger partial charge on any atom is -0.379 e. The Morgan fingerprint density at radius 3 is 0.619 bits per heavy atom. The molecule has 7 aromatic rings. The summed E-state index contributed by atoms with van der Waals surface area (Å²) in [5.41, 5.74) is 36.4. The second-order valence-electron chi connectivity index (χ2n) is 41.7. The number of fused-ring (bicyclic) bond motifs is 2. The molecule has 7 rings (SSSR count). The Bertz CT molecular complexity index is 3770. The van der Waals surface area contributed by atoms with Crippen LogP contribution in [0.25, 0.3) is 21.5 Å².